The van der Waals surface area contributed by atoms with Gasteiger partial charge in [-0.05, 0) is 16.3 Å². The van der Waals surface area contributed by atoms with E-state index in [1.54, 1.807) is 10.7 Å². The number of anilines is 1. The largest absolute Gasteiger partial charge is 0.368 e. The second-order valence-electron chi connectivity index (χ2n) is 5.93. The predicted molar refractivity (Wildman–Crippen MR) is 100 cm³/mol. The number of hydrogen-bond donors (Lipinski definition) is 1. The minimum atomic E-state index is 0.143. The average Bonchev–Trinajstić information content (AvgIpc) is 2.95. The maximum atomic E-state index is 6.03. The van der Waals surface area contributed by atoms with E-state index in [2.05, 4.69) is 51.5 Å². The molecule has 6 heteroatoms. The van der Waals surface area contributed by atoms with Gasteiger partial charge in [0.05, 0.1) is 5.69 Å². The molecule has 2 heterocycles. The Balaban J connectivity index is 1.81. The monoisotopic (exact) mass is 349 g/mol. The molecule has 2 N–H and O–H groups in total. The minimum Gasteiger partial charge on any atom is -0.368 e. The molecule has 124 valence electrons. The predicted octanol–water partition coefficient (Wildman–Crippen LogP) is 3.86. The minimum absolute atomic E-state index is 0.143. The molecular weight excluding hydrogens is 334 g/mol. The van der Waals surface area contributed by atoms with Crippen LogP contribution in [0.5, 0.6) is 0 Å². The Bertz CT molecular complexity index is 1050. The molecule has 0 atom stereocenters. The summed E-state index contributed by atoms with van der Waals surface area (Å²) in [7, 11) is 1.89. The summed E-state index contributed by atoms with van der Waals surface area (Å²) in [5.41, 5.74) is 9.44. The van der Waals surface area contributed by atoms with Crippen LogP contribution in [0.1, 0.15) is 11.1 Å². The van der Waals surface area contributed by atoms with Gasteiger partial charge < -0.3 is 5.73 Å². The normalized spacial score (nSPS) is 11.1. The van der Waals surface area contributed by atoms with Gasteiger partial charge in [0.25, 0.3) is 0 Å². The zero-order valence-corrected chi connectivity index (χ0v) is 14.4. The zero-order valence-electron chi connectivity index (χ0n) is 13.6. The number of rotatable bonds is 3. The number of nitrogens with zero attached hydrogens (tertiary/aromatic N) is 4. The number of fused-ring (bicyclic) bond motifs is 1. The van der Waals surface area contributed by atoms with Crippen molar-refractivity contribution < 1.29 is 0 Å². The molecular formula is C19H16ClN5. The van der Waals surface area contributed by atoms with Crippen molar-refractivity contribution in [1.82, 2.24) is 19.7 Å². The fraction of sp³-hybridized carbons (Fsp3) is 0.105. The van der Waals surface area contributed by atoms with Crippen LogP contribution in [0, 0.1) is 0 Å². The second-order valence-corrected chi connectivity index (χ2v) is 6.31. The lowest BCUT2D eigenvalue weighted by molar-refractivity contribution is 0.769. The van der Waals surface area contributed by atoms with Gasteiger partial charge in [0.1, 0.15) is 10.8 Å². The Morgan fingerprint density at radius 3 is 2.68 bits per heavy atom. The van der Waals surface area contributed by atoms with Crippen molar-refractivity contribution in [2.75, 3.05) is 5.73 Å². The molecule has 0 unspecified atom stereocenters. The number of halogens is 1. The summed E-state index contributed by atoms with van der Waals surface area (Å²) < 4.78 is 1.78. The van der Waals surface area contributed by atoms with Crippen LogP contribution in [0.4, 0.5) is 5.95 Å². The van der Waals surface area contributed by atoms with Crippen molar-refractivity contribution in [2.45, 2.75) is 6.42 Å². The zero-order chi connectivity index (χ0) is 17.4. The maximum absolute atomic E-state index is 6.03. The Kier molecular flexibility index (Phi) is 3.86. The summed E-state index contributed by atoms with van der Waals surface area (Å²) in [6.45, 7) is 0. The topological polar surface area (TPSA) is 69.6 Å². The molecule has 2 aromatic heterocycles. The standard InChI is InChI=1S/C19H16ClN5/c1-25-11-14(18(24-25)16-10-17(20)23-19(21)22-16)9-13-7-4-6-12-5-2-3-8-15(12)13/h2-8,10-11H,9H2,1H3,(H2,21,22,23). The number of nitrogen functional groups attached to an aromatic ring is 1. The molecule has 5 nitrogen and oxygen atoms in total. The van der Waals surface area contributed by atoms with E-state index in [9.17, 15) is 0 Å². The third-order valence-corrected chi connectivity index (χ3v) is 4.31. The van der Waals surface area contributed by atoms with Crippen LogP contribution in [0.3, 0.4) is 0 Å². The summed E-state index contributed by atoms with van der Waals surface area (Å²) in [5.74, 6) is 0.143. The van der Waals surface area contributed by atoms with Gasteiger partial charge in [-0.15, -0.1) is 0 Å². The van der Waals surface area contributed by atoms with Gasteiger partial charge in [0.2, 0.25) is 5.95 Å². The highest BCUT2D eigenvalue weighted by Crippen LogP contribution is 2.27. The highest BCUT2D eigenvalue weighted by molar-refractivity contribution is 6.29. The van der Waals surface area contributed by atoms with Crippen molar-refractivity contribution in [3.05, 3.63) is 71.0 Å². The van der Waals surface area contributed by atoms with E-state index in [0.29, 0.717) is 10.8 Å². The first-order valence-corrected chi connectivity index (χ1v) is 8.27. The Labute approximate surface area is 150 Å². The Morgan fingerprint density at radius 2 is 1.84 bits per heavy atom. The lowest BCUT2D eigenvalue weighted by atomic mass is 9.98. The van der Waals surface area contributed by atoms with Gasteiger partial charge in [0, 0.05) is 31.3 Å². The third kappa shape index (κ3) is 3.06. The smallest absolute Gasteiger partial charge is 0.222 e. The summed E-state index contributed by atoms with van der Waals surface area (Å²) >= 11 is 6.03. The van der Waals surface area contributed by atoms with E-state index < -0.39 is 0 Å². The van der Waals surface area contributed by atoms with Gasteiger partial charge in [-0.2, -0.15) is 5.10 Å². The van der Waals surface area contributed by atoms with Gasteiger partial charge in [-0.3, -0.25) is 4.68 Å². The highest BCUT2D eigenvalue weighted by atomic mass is 35.5. The highest BCUT2D eigenvalue weighted by Gasteiger charge is 2.15. The lowest BCUT2D eigenvalue weighted by Crippen LogP contribution is -1.99. The second kappa shape index (κ2) is 6.18. The van der Waals surface area contributed by atoms with Crippen molar-refractivity contribution in [3.63, 3.8) is 0 Å². The Morgan fingerprint density at radius 1 is 1.04 bits per heavy atom. The van der Waals surface area contributed by atoms with Crippen LogP contribution < -0.4 is 5.73 Å². The number of aromatic nitrogens is 4. The number of hydrogen-bond acceptors (Lipinski definition) is 4. The van der Waals surface area contributed by atoms with Crippen molar-refractivity contribution in [1.29, 1.82) is 0 Å². The van der Waals surface area contributed by atoms with Gasteiger partial charge in [-0.1, -0.05) is 54.1 Å². The summed E-state index contributed by atoms with van der Waals surface area (Å²) in [5, 5.41) is 7.32. The number of benzene rings is 2. The fourth-order valence-electron chi connectivity index (χ4n) is 3.09. The average molecular weight is 350 g/mol. The van der Waals surface area contributed by atoms with E-state index in [1.807, 2.05) is 19.3 Å². The van der Waals surface area contributed by atoms with Gasteiger partial charge in [-0.25, -0.2) is 9.97 Å². The first-order valence-electron chi connectivity index (χ1n) is 7.90. The van der Waals surface area contributed by atoms with Crippen LogP contribution >= 0.6 is 11.6 Å². The van der Waals surface area contributed by atoms with E-state index in [4.69, 9.17) is 17.3 Å². The SMILES string of the molecule is Cn1cc(Cc2cccc3ccccc23)c(-c2cc(Cl)nc(N)n2)n1. The quantitative estimate of drug-likeness (QED) is 0.570. The molecule has 0 aliphatic rings. The molecule has 4 rings (SSSR count). The summed E-state index contributed by atoms with van der Waals surface area (Å²) in [4.78, 5) is 8.21. The molecule has 0 saturated carbocycles. The molecule has 0 amide bonds. The fourth-order valence-corrected chi connectivity index (χ4v) is 3.28. The van der Waals surface area contributed by atoms with Crippen LogP contribution in [0.15, 0.2) is 54.7 Å². The van der Waals surface area contributed by atoms with E-state index in [-0.39, 0.29) is 5.95 Å². The van der Waals surface area contributed by atoms with Crippen LogP contribution in [-0.2, 0) is 13.5 Å². The van der Waals surface area contributed by atoms with E-state index in [0.717, 1.165) is 17.7 Å². The maximum Gasteiger partial charge on any atom is 0.222 e. The lowest BCUT2D eigenvalue weighted by Gasteiger charge is -2.07. The van der Waals surface area contributed by atoms with Crippen LogP contribution in [0.25, 0.3) is 22.2 Å². The summed E-state index contributed by atoms with van der Waals surface area (Å²) in [6, 6.07) is 16.4. The summed E-state index contributed by atoms with van der Waals surface area (Å²) in [6.07, 6.45) is 2.75. The Hall–Kier alpha value is -2.92. The number of aryl methyl sites for hydroxylation is 1. The molecule has 4 aromatic rings. The molecule has 0 fully saturated rings. The van der Waals surface area contributed by atoms with E-state index >= 15 is 0 Å². The molecule has 0 bridgehead atoms. The molecule has 2 aromatic carbocycles. The van der Waals surface area contributed by atoms with Gasteiger partial charge >= 0.3 is 0 Å². The third-order valence-electron chi connectivity index (χ3n) is 4.12. The van der Waals surface area contributed by atoms with Crippen molar-refractivity contribution in [2.24, 2.45) is 7.05 Å². The first kappa shape index (κ1) is 15.6. The van der Waals surface area contributed by atoms with Crippen molar-refractivity contribution >= 4 is 28.3 Å². The van der Waals surface area contributed by atoms with Crippen LogP contribution in [0.2, 0.25) is 5.15 Å². The number of nitrogens with two attached hydrogens (primary N) is 1. The molecule has 0 aliphatic heterocycles. The van der Waals surface area contributed by atoms with E-state index in [1.165, 1.54) is 16.3 Å². The van der Waals surface area contributed by atoms with Gasteiger partial charge in [0.15, 0.2) is 0 Å². The first-order chi connectivity index (χ1) is 12.1. The molecule has 0 saturated heterocycles. The molecule has 0 spiro atoms. The van der Waals surface area contributed by atoms with Crippen LogP contribution in [-0.4, -0.2) is 19.7 Å². The molecule has 0 aliphatic carbocycles. The molecule has 0 radical (unpaired) electrons. The van der Waals surface area contributed by atoms with Crippen molar-refractivity contribution in [3.8, 4) is 11.4 Å². The molecule has 25 heavy (non-hydrogen) atoms.